The van der Waals surface area contributed by atoms with Gasteiger partial charge in [-0.1, -0.05) is 115 Å². The molecule has 1 aliphatic rings. The normalized spacial score (nSPS) is 12.7. The van der Waals surface area contributed by atoms with Crippen LogP contribution in [0.15, 0.2) is 140 Å². The molecule has 1 nitrogen and oxygen atoms in total. The van der Waals surface area contributed by atoms with E-state index in [4.69, 9.17) is 0 Å². The predicted octanol–water partition coefficient (Wildman–Crippen LogP) is 10.5. The van der Waals surface area contributed by atoms with E-state index in [1.807, 2.05) is 0 Å². The van der Waals surface area contributed by atoms with E-state index >= 15 is 0 Å². The quantitative estimate of drug-likeness (QED) is 0.199. The molecule has 7 aromatic carbocycles. The summed E-state index contributed by atoms with van der Waals surface area (Å²) in [4.78, 5) is 0. The number of hydrogen-bond acceptors (Lipinski definition) is 0. The molecule has 0 unspecified atom stereocenters. The third-order valence-electron chi connectivity index (χ3n) is 9.10. The lowest BCUT2D eigenvalue weighted by atomic mass is 9.89. The van der Waals surface area contributed by atoms with Crippen molar-refractivity contribution in [1.29, 1.82) is 0 Å². The minimum atomic E-state index is 1.08. The molecule has 0 amide bonds. The van der Waals surface area contributed by atoms with Crippen molar-refractivity contribution >= 4 is 43.2 Å². The van der Waals surface area contributed by atoms with Crippen LogP contribution in [0.3, 0.4) is 0 Å². The number of benzene rings is 7. The lowest BCUT2D eigenvalue weighted by Crippen LogP contribution is -2.06. The summed E-state index contributed by atoms with van der Waals surface area (Å²) in [5, 5.41) is 9.24. The molecule has 1 aromatic heterocycles. The van der Waals surface area contributed by atoms with Crippen molar-refractivity contribution in [3.05, 3.63) is 151 Å². The van der Waals surface area contributed by atoms with Crippen molar-refractivity contribution in [3.8, 4) is 28.1 Å². The van der Waals surface area contributed by atoms with Crippen LogP contribution < -0.4 is 0 Å². The fourth-order valence-electron chi connectivity index (χ4n) is 7.23. The average Bonchev–Trinajstić information content (AvgIpc) is 3.40. The number of aryl methyl sites for hydroxylation is 2. The molecular weight excluding hydrogens is 494 g/mol. The third kappa shape index (κ3) is 3.30. The van der Waals surface area contributed by atoms with Crippen molar-refractivity contribution in [2.45, 2.75) is 12.8 Å². The second-order valence-electron chi connectivity index (χ2n) is 11.2. The molecule has 0 atom stereocenters. The second kappa shape index (κ2) is 8.68. The van der Waals surface area contributed by atoms with Gasteiger partial charge in [-0.05, 0) is 91.7 Å². The van der Waals surface area contributed by atoms with Crippen LogP contribution in [-0.4, -0.2) is 4.57 Å². The summed E-state index contributed by atoms with van der Waals surface area (Å²) >= 11 is 0. The van der Waals surface area contributed by atoms with Gasteiger partial charge in [0.25, 0.3) is 0 Å². The van der Waals surface area contributed by atoms with E-state index in [2.05, 4.69) is 144 Å². The minimum Gasteiger partial charge on any atom is -0.309 e. The second-order valence-corrected chi connectivity index (χ2v) is 11.2. The number of aromatic nitrogens is 1. The molecule has 0 N–H and O–H groups in total. The van der Waals surface area contributed by atoms with Gasteiger partial charge in [-0.3, -0.25) is 0 Å². The van der Waals surface area contributed by atoms with Gasteiger partial charge >= 0.3 is 0 Å². The van der Waals surface area contributed by atoms with E-state index in [-0.39, 0.29) is 0 Å². The molecule has 1 heterocycles. The molecule has 0 aliphatic heterocycles. The van der Waals surface area contributed by atoms with Gasteiger partial charge < -0.3 is 4.57 Å². The summed E-state index contributed by atoms with van der Waals surface area (Å²) in [5.74, 6) is 0. The van der Waals surface area contributed by atoms with Gasteiger partial charge in [0, 0.05) is 16.6 Å². The van der Waals surface area contributed by atoms with Gasteiger partial charge in [-0.2, -0.15) is 0 Å². The van der Waals surface area contributed by atoms with E-state index in [1.54, 1.807) is 0 Å². The maximum absolute atomic E-state index is 2.48. The molecule has 1 aliphatic carbocycles. The van der Waals surface area contributed by atoms with Gasteiger partial charge in [0.2, 0.25) is 0 Å². The Hall–Kier alpha value is -5.14. The Labute approximate surface area is 238 Å². The van der Waals surface area contributed by atoms with Crippen molar-refractivity contribution in [1.82, 2.24) is 4.57 Å². The van der Waals surface area contributed by atoms with Crippen LogP contribution in [0.25, 0.3) is 71.3 Å². The van der Waals surface area contributed by atoms with Crippen LogP contribution in [0.5, 0.6) is 0 Å². The Morgan fingerprint density at radius 1 is 0.415 bits per heavy atom. The van der Waals surface area contributed by atoms with Gasteiger partial charge in [0.1, 0.15) is 0 Å². The number of fused-ring (bicyclic) bond motifs is 11. The van der Waals surface area contributed by atoms with E-state index in [0.717, 1.165) is 12.8 Å². The molecule has 0 fully saturated rings. The maximum Gasteiger partial charge on any atom is 0.0575 e. The van der Waals surface area contributed by atoms with Crippen LogP contribution in [-0.2, 0) is 12.8 Å². The van der Waals surface area contributed by atoms with E-state index in [0.29, 0.717) is 0 Å². The van der Waals surface area contributed by atoms with E-state index in [1.165, 1.54) is 82.4 Å². The summed E-state index contributed by atoms with van der Waals surface area (Å²) in [6.45, 7) is 0. The number of rotatable bonds is 2. The first kappa shape index (κ1) is 22.7. The zero-order valence-electron chi connectivity index (χ0n) is 22.6. The maximum atomic E-state index is 2.48. The smallest absolute Gasteiger partial charge is 0.0575 e. The van der Waals surface area contributed by atoms with Crippen LogP contribution in [0.4, 0.5) is 0 Å². The molecule has 41 heavy (non-hydrogen) atoms. The van der Waals surface area contributed by atoms with Crippen molar-refractivity contribution in [2.75, 3.05) is 0 Å². The molecule has 9 rings (SSSR count). The zero-order chi connectivity index (χ0) is 26.9. The zero-order valence-corrected chi connectivity index (χ0v) is 22.6. The molecule has 0 spiro atoms. The van der Waals surface area contributed by atoms with E-state index in [9.17, 15) is 0 Å². The highest BCUT2D eigenvalue weighted by molar-refractivity contribution is 6.25. The van der Waals surface area contributed by atoms with Crippen LogP contribution in [0.1, 0.15) is 11.1 Å². The topological polar surface area (TPSA) is 4.93 Å². The Morgan fingerprint density at radius 2 is 0.976 bits per heavy atom. The minimum absolute atomic E-state index is 1.08. The molecule has 0 saturated heterocycles. The highest BCUT2D eigenvalue weighted by Gasteiger charge is 2.24. The van der Waals surface area contributed by atoms with E-state index < -0.39 is 0 Å². The van der Waals surface area contributed by atoms with Gasteiger partial charge in [0.05, 0.1) is 11.2 Å². The lowest BCUT2D eigenvalue weighted by molar-refractivity contribution is 0.934. The SMILES string of the molecule is c1ccc2c(c1)CCc1c-2n(-c2ccc(-c3ccc4c5ccccc5c5ccccc5c4c3)cc2)c2ccccc12. The largest absolute Gasteiger partial charge is 0.309 e. The fourth-order valence-corrected chi connectivity index (χ4v) is 7.23. The summed E-state index contributed by atoms with van der Waals surface area (Å²) in [7, 11) is 0. The molecule has 8 aromatic rings. The molecule has 1 heteroatoms. The highest BCUT2D eigenvalue weighted by atomic mass is 15.0. The monoisotopic (exact) mass is 521 g/mol. The summed E-state index contributed by atoms with van der Waals surface area (Å²) in [5.41, 5.74) is 10.6. The van der Waals surface area contributed by atoms with Gasteiger partial charge in [-0.15, -0.1) is 0 Å². The molecule has 192 valence electrons. The first-order valence-corrected chi connectivity index (χ1v) is 14.5. The van der Waals surface area contributed by atoms with Gasteiger partial charge in [-0.25, -0.2) is 0 Å². The molecule has 0 saturated carbocycles. The van der Waals surface area contributed by atoms with Crippen LogP contribution >= 0.6 is 0 Å². The number of hydrogen-bond donors (Lipinski definition) is 0. The predicted molar refractivity (Wildman–Crippen MR) is 174 cm³/mol. The van der Waals surface area contributed by atoms with Crippen molar-refractivity contribution in [3.63, 3.8) is 0 Å². The van der Waals surface area contributed by atoms with Crippen LogP contribution in [0.2, 0.25) is 0 Å². The average molecular weight is 522 g/mol. The summed E-state index contributed by atoms with van der Waals surface area (Å²) in [6.07, 6.45) is 2.18. The standard InChI is InChI=1S/C40H27N/c1-2-10-30-27(9-1)19-24-37-36-15-7-8-16-39(36)41(40(30)37)29-21-17-26(18-22-29)28-20-23-35-33-13-4-3-11-31(33)32-12-5-6-14-34(32)38(35)25-28/h1-18,20-23,25H,19,24H2. The Bertz CT molecular complexity index is 2260. The van der Waals surface area contributed by atoms with Crippen molar-refractivity contribution in [2.24, 2.45) is 0 Å². The third-order valence-corrected chi connectivity index (χ3v) is 9.10. The Kier molecular flexibility index (Phi) is 4.80. The summed E-state index contributed by atoms with van der Waals surface area (Å²) in [6, 6.07) is 51.5. The first-order chi connectivity index (χ1) is 20.3. The molecular formula is C40H27N. The lowest BCUT2D eigenvalue weighted by Gasteiger charge is -2.20. The fraction of sp³-hybridized carbons (Fsp3) is 0.0500. The molecule has 0 bridgehead atoms. The molecule has 0 radical (unpaired) electrons. The first-order valence-electron chi connectivity index (χ1n) is 14.5. The number of nitrogens with zero attached hydrogens (tertiary/aromatic N) is 1. The van der Waals surface area contributed by atoms with Crippen LogP contribution in [0, 0.1) is 0 Å². The Morgan fingerprint density at radius 3 is 1.71 bits per heavy atom. The van der Waals surface area contributed by atoms with Crippen molar-refractivity contribution < 1.29 is 0 Å². The highest BCUT2D eigenvalue weighted by Crippen LogP contribution is 2.42. The van der Waals surface area contributed by atoms with Gasteiger partial charge in [0.15, 0.2) is 0 Å². The Balaban J connectivity index is 1.22. The number of para-hydroxylation sites is 1. The summed E-state index contributed by atoms with van der Waals surface area (Å²) < 4.78 is 2.48.